The summed E-state index contributed by atoms with van der Waals surface area (Å²) in [7, 11) is 0.835. The third kappa shape index (κ3) is 4.54. The Labute approximate surface area is 139 Å². The second-order valence-corrected chi connectivity index (χ2v) is 4.56. The van der Waals surface area contributed by atoms with Crippen LogP contribution < -0.4 is 5.32 Å². The minimum absolute atomic E-state index is 0.102. The standard InChI is InChI=1S/C14H15F5N2O4/c1-4-6-7(12(22)24-3)10(14(17,18)19)20-9(11(15)16)8(6)21-13(23)25-5-2/h11H,4-5H2,1-3H3,(H,21,23). The van der Waals surface area contributed by atoms with Crippen molar-refractivity contribution in [1.82, 2.24) is 4.98 Å². The van der Waals surface area contributed by atoms with E-state index in [4.69, 9.17) is 0 Å². The fraction of sp³-hybridized carbons (Fsp3) is 0.500. The van der Waals surface area contributed by atoms with Crippen LogP contribution in [-0.4, -0.2) is 30.8 Å². The molecule has 1 rings (SSSR count). The van der Waals surface area contributed by atoms with E-state index >= 15 is 0 Å². The van der Waals surface area contributed by atoms with E-state index in [2.05, 4.69) is 14.5 Å². The van der Waals surface area contributed by atoms with Gasteiger partial charge in [0, 0.05) is 0 Å². The molecule has 6 nitrogen and oxygen atoms in total. The Morgan fingerprint density at radius 2 is 1.84 bits per heavy atom. The van der Waals surface area contributed by atoms with Gasteiger partial charge in [0.2, 0.25) is 0 Å². The van der Waals surface area contributed by atoms with Gasteiger partial charge in [0.1, 0.15) is 5.69 Å². The first-order chi connectivity index (χ1) is 11.6. The lowest BCUT2D eigenvalue weighted by Crippen LogP contribution is -2.24. The Bertz CT molecular complexity index is 662. The quantitative estimate of drug-likeness (QED) is 0.627. The maximum absolute atomic E-state index is 13.2. The number of amides is 1. The van der Waals surface area contributed by atoms with Gasteiger partial charge < -0.3 is 9.47 Å². The van der Waals surface area contributed by atoms with Gasteiger partial charge >= 0.3 is 18.2 Å². The molecule has 0 unspecified atom stereocenters. The van der Waals surface area contributed by atoms with Crippen molar-refractivity contribution < 1.29 is 41.0 Å². The molecular weight excluding hydrogens is 355 g/mol. The molecule has 1 amide bonds. The predicted molar refractivity (Wildman–Crippen MR) is 75.6 cm³/mol. The Kier molecular flexibility index (Phi) is 6.65. The highest BCUT2D eigenvalue weighted by Gasteiger charge is 2.41. The number of pyridine rings is 1. The third-order valence-corrected chi connectivity index (χ3v) is 3.05. The number of aromatic nitrogens is 1. The van der Waals surface area contributed by atoms with E-state index in [0.29, 0.717) is 0 Å². The number of nitrogens with zero attached hydrogens (tertiary/aromatic N) is 1. The number of carbonyl (C=O) groups excluding carboxylic acids is 2. The van der Waals surface area contributed by atoms with Crippen LogP contribution in [-0.2, 0) is 22.1 Å². The smallest absolute Gasteiger partial charge is 0.434 e. The van der Waals surface area contributed by atoms with E-state index in [0.717, 1.165) is 7.11 Å². The fourth-order valence-electron chi connectivity index (χ4n) is 2.10. The Hall–Kier alpha value is -2.46. The van der Waals surface area contributed by atoms with Crippen LogP contribution in [0.15, 0.2) is 0 Å². The lowest BCUT2D eigenvalue weighted by molar-refractivity contribution is -0.142. The van der Waals surface area contributed by atoms with Gasteiger partial charge in [-0.2, -0.15) is 13.2 Å². The Morgan fingerprint density at radius 3 is 2.24 bits per heavy atom. The number of rotatable bonds is 5. The highest BCUT2D eigenvalue weighted by Crippen LogP contribution is 2.39. The first-order valence-electron chi connectivity index (χ1n) is 7.02. The van der Waals surface area contributed by atoms with Crippen LogP contribution in [0.4, 0.5) is 32.4 Å². The molecule has 0 fully saturated rings. The fourth-order valence-corrected chi connectivity index (χ4v) is 2.10. The van der Waals surface area contributed by atoms with Crippen molar-refractivity contribution >= 4 is 17.7 Å². The van der Waals surface area contributed by atoms with Gasteiger partial charge in [0.15, 0.2) is 5.69 Å². The third-order valence-electron chi connectivity index (χ3n) is 3.05. The molecular formula is C14H15F5N2O4. The van der Waals surface area contributed by atoms with Crippen molar-refractivity contribution in [2.45, 2.75) is 32.9 Å². The highest BCUT2D eigenvalue weighted by molar-refractivity contribution is 5.97. The number of esters is 1. The number of alkyl halides is 5. The average Bonchev–Trinajstić information content (AvgIpc) is 2.52. The number of anilines is 1. The van der Waals surface area contributed by atoms with E-state index in [-0.39, 0.29) is 13.0 Å². The molecule has 1 N–H and O–H groups in total. The van der Waals surface area contributed by atoms with Crippen LogP contribution in [0.25, 0.3) is 0 Å². The van der Waals surface area contributed by atoms with E-state index in [1.807, 2.05) is 5.32 Å². The van der Waals surface area contributed by atoms with Crippen LogP contribution in [0.5, 0.6) is 0 Å². The zero-order chi connectivity index (χ0) is 19.4. The molecule has 0 spiro atoms. The first kappa shape index (κ1) is 20.6. The maximum Gasteiger partial charge on any atom is 0.434 e. The average molecular weight is 370 g/mol. The van der Waals surface area contributed by atoms with Crippen LogP contribution in [0.2, 0.25) is 0 Å². The van der Waals surface area contributed by atoms with Crippen LogP contribution in [0, 0.1) is 0 Å². The van der Waals surface area contributed by atoms with E-state index in [9.17, 15) is 31.5 Å². The number of halogens is 5. The number of carbonyl (C=O) groups is 2. The van der Waals surface area contributed by atoms with E-state index < -0.39 is 52.9 Å². The summed E-state index contributed by atoms with van der Waals surface area (Å²) in [5.74, 6) is -1.41. The molecule has 0 radical (unpaired) electrons. The van der Waals surface area contributed by atoms with Gasteiger partial charge in [-0.15, -0.1) is 0 Å². The molecule has 25 heavy (non-hydrogen) atoms. The largest absolute Gasteiger partial charge is 0.465 e. The Balaban J connectivity index is 3.80. The van der Waals surface area contributed by atoms with E-state index in [1.54, 1.807) is 0 Å². The van der Waals surface area contributed by atoms with Gasteiger partial charge in [0.25, 0.3) is 6.43 Å². The number of nitrogens with one attached hydrogen (secondary N) is 1. The molecule has 0 aliphatic rings. The topological polar surface area (TPSA) is 77.5 Å². The van der Waals surface area contributed by atoms with Gasteiger partial charge in [0.05, 0.1) is 25.0 Å². The first-order valence-corrected chi connectivity index (χ1v) is 7.02. The van der Waals surface area contributed by atoms with Crippen molar-refractivity contribution in [2.75, 3.05) is 19.0 Å². The lowest BCUT2D eigenvalue weighted by Gasteiger charge is -2.20. The zero-order valence-electron chi connectivity index (χ0n) is 13.5. The molecule has 140 valence electrons. The van der Waals surface area contributed by atoms with Crippen molar-refractivity contribution in [1.29, 1.82) is 0 Å². The normalized spacial score (nSPS) is 11.4. The molecule has 0 aromatic carbocycles. The molecule has 0 saturated carbocycles. The lowest BCUT2D eigenvalue weighted by atomic mass is 9.99. The molecule has 0 bridgehead atoms. The van der Waals surface area contributed by atoms with Gasteiger partial charge in [-0.25, -0.2) is 23.4 Å². The van der Waals surface area contributed by atoms with Gasteiger partial charge in [-0.05, 0) is 18.9 Å². The second-order valence-electron chi connectivity index (χ2n) is 4.56. The molecule has 11 heteroatoms. The number of ether oxygens (including phenoxy) is 2. The summed E-state index contributed by atoms with van der Waals surface area (Å²) in [6.45, 7) is 2.67. The van der Waals surface area contributed by atoms with Crippen molar-refractivity contribution in [3.05, 3.63) is 22.5 Å². The number of hydrogen-bond donors (Lipinski definition) is 1. The van der Waals surface area contributed by atoms with Crippen LogP contribution in [0.3, 0.4) is 0 Å². The molecule has 1 heterocycles. The minimum atomic E-state index is -5.18. The summed E-state index contributed by atoms with van der Waals surface area (Å²) in [5, 5.41) is 1.93. The monoisotopic (exact) mass is 370 g/mol. The number of hydrogen-bond acceptors (Lipinski definition) is 5. The number of methoxy groups -OCH3 is 1. The van der Waals surface area contributed by atoms with Gasteiger partial charge in [-0.1, -0.05) is 6.92 Å². The summed E-state index contributed by atoms with van der Waals surface area (Å²) in [6, 6.07) is 0. The summed E-state index contributed by atoms with van der Waals surface area (Å²) in [6.07, 6.45) is -10.1. The maximum atomic E-state index is 13.2. The van der Waals surface area contributed by atoms with E-state index in [1.165, 1.54) is 13.8 Å². The molecule has 0 aliphatic carbocycles. The van der Waals surface area contributed by atoms with Crippen molar-refractivity contribution in [3.63, 3.8) is 0 Å². The molecule has 0 atom stereocenters. The second kappa shape index (κ2) is 8.08. The van der Waals surface area contributed by atoms with Crippen molar-refractivity contribution in [2.24, 2.45) is 0 Å². The summed E-state index contributed by atoms with van der Waals surface area (Å²) in [4.78, 5) is 26.2. The predicted octanol–water partition coefficient (Wildman–Crippen LogP) is 3.96. The molecule has 0 saturated heterocycles. The highest BCUT2D eigenvalue weighted by atomic mass is 19.4. The minimum Gasteiger partial charge on any atom is -0.465 e. The van der Waals surface area contributed by atoms with Gasteiger partial charge in [-0.3, -0.25) is 5.32 Å². The summed E-state index contributed by atoms with van der Waals surface area (Å²) in [5.41, 5.74) is -5.33. The van der Waals surface area contributed by atoms with Crippen LogP contribution >= 0.6 is 0 Å². The zero-order valence-corrected chi connectivity index (χ0v) is 13.5. The SMILES string of the molecule is CCOC(=O)Nc1c(C(F)F)nc(C(F)(F)F)c(C(=O)OC)c1CC. The Morgan fingerprint density at radius 1 is 1.24 bits per heavy atom. The molecule has 0 aliphatic heterocycles. The van der Waals surface area contributed by atoms with Crippen LogP contribution in [0.1, 0.15) is 47.6 Å². The van der Waals surface area contributed by atoms with Crippen molar-refractivity contribution in [3.8, 4) is 0 Å². The molecule has 1 aromatic rings. The summed E-state index contributed by atoms with van der Waals surface area (Å²) < 4.78 is 74.9. The molecule has 1 aromatic heterocycles. The summed E-state index contributed by atoms with van der Waals surface area (Å²) >= 11 is 0.